The van der Waals surface area contributed by atoms with E-state index in [0.717, 1.165) is 0 Å². The Hall–Kier alpha value is -1.21. The summed E-state index contributed by atoms with van der Waals surface area (Å²) >= 11 is -0.259. The van der Waals surface area contributed by atoms with Gasteiger partial charge >= 0.3 is 5.51 Å². The van der Waals surface area contributed by atoms with Gasteiger partial charge in [0.2, 0.25) is 5.91 Å². The maximum absolute atomic E-state index is 12.4. The third kappa shape index (κ3) is 6.49. The number of rotatable bonds is 4. The van der Waals surface area contributed by atoms with Crippen molar-refractivity contribution in [2.75, 3.05) is 5.32 Å². The van der Waals surface area contributed by atoms with Crippen LogP contribution in [0.5, 0.6) is 0 Å². The topological polar surface area (TPSA) is 55.1 Å². The van der Waals surface area contributed by atoms with Crippen molar-refractivity contribution in [3.8, 4) is 0 Å². The molecule has 3 nitrogen and oxygen atoms in total. The van der Waals surface area contributed by atoms with Gasteiger partial charge in [0.05, 0.1) is 5.69 Å². The fourth-order valence-corrected chi connectivity index (χ4v) is 2.02. The molecule has 0 atom stereocenters. The van der Waals surface area contributed by atoms with Crippen LogP contribution in [0.4, 0.5) is 18.9 Å². The largest absolute Gasteiger partial charge is 0.446 e. The van der Waals surface area contributed by atoms with Crippen LogP contribution >= 0.6 is 11.8 Å². The lowest BCUT2D eigenvalue weighted by atomic mass is 10.0. The standard InChI is InChI=1S/C12H15F3N2OS/c1-11(2,16)7-10(18)17-8-5-3-4-6-9(8)19-12(13,14)15/h3-6H,7,16H2,1-2H3,(H,17,18). The van der Waals surface area contributed by atoms with E-state index in [-0.39, 0.29) is 28.8 Å². The summed E-state index contributed by atoms with van der Waals surface area (Å²) in [6, 6.07) is 5.77. The molecule has 7 heteroatoms. The molecule has 3 N–H and O–H groups in total. The molecule has 0 aliphatic rings. The number of anilines is 1. The van der Waals surface area contributed by atoms with E-state index >= 15 is 0 Å². The quantitative estimate of drug-likeness (QED) is 0.837. The zero-order valence-corrected chi connectivity index (χ0v) is 11.4. The van der Waals surface area contributed by atoms with Crippen LogP contribution in [0.15, 0.2) is 29.2 Å². The highest BCUT2D eigenvalue weighted by atomic mass is 32.2. The van der Waals surface area contributed by atoms with Gasteiger partial charge in [0.15, 0.2) is 0 Å². The van der Waals surface area contributed by atoms with E-state index in [1.807, 2.05) is 0 Å². The molecular formula is C12H15F3N2OS. The van der Waals surface area contributed by atoms with Crippen molar-refractivity contribution in [3.63, 3.8) is 0 Å². The number of alkyl halides is 3. The molecule has 19 heavy (non-hydrogen) atoms. The van der Waals surface area contributed by atoms with Crippen LogP contribution in [-0.2, 0) is 4.79 Å². The van der Waals surface area contributed by atoms with E-state index < -0.39 is 17.0 Å². The lowest BCUT2D eigenvalue weighted by molar-refractivity contribution is -0.117. The minimum atomic E-state index is -4.39. The summed E-state index contributed by atoms with van der Waals surface area (Å²) in [6.45, 7) is 3.34. The zero-order valence-electron chi connectivity index (χ0n) is 10.5. The summed E-state index contributed by atoms with van der Waals surface area (Å²) in [7, 11) is 0. The molecule has 0 fully saturated rings. The first-order valence-electron chi connectivity index (χ1n) is 5.50. The number of thioether (sulfide) groups is 1. The van der Waals surface area contributed by atoms with Crippen LogP contribution in [0, 0.1) is 0 Å². The number of nitrogens with two attached hydrogens (primary N) is 1. The van der Waals surface area contributed by atoms with Gasteiger partial charge in [-0.25, -0.2) is 0 Å². The first-order valence-corrected chi connectivity index (χ1v) is 6.32. The van der Waals surface area contributed by atoms with Gasteiger partial charge in [0.25, 0.3) is 0 Å². The summed E-state index contributed by atoms with van der Waals surface area (Å²) in [4.78, 5) is 11.6. The zero-order chi connectivity index (χ0) is 14.7. The van der Waals surface area contributed by atoms with Gasteiger partial charge in [-0.3, -0.25) is 4.79 Å². The monoisotopic (exact) mass is 292 g/mol. The lowest BCUT2D eigenvalue weighted by Crippen LogP contribution is -2.36. The summed E-state index contributed by atoms with van der Waals surface area (Å²) in [5.41, 5.74) is 0.715. The summed E-state index contributed by atoms with van der Waals surface area (Å²) in [6.07, 6.45) is 0.0258. The fourth-order valence-electron chi connectivity index (χ4n) is 1.39. The van der Waals surface area contributed by atoms with Crippen LogP contribution < -0.4 is 11.1 Å². The van der Waals surface area contributed by atoms with E-state index in [2.05, 4.69) is 5.32 Å². The number of benzene rings is 1. The van der Waals surface area contributed by atoms with E-state index in [9.17, 15) is 18.0 Å². The lowest BCUT2D eigenvalue weighted by Gasteiger charge is -2.18. The van der Waals surface area contributed by atoms with Crippen LogP contribution in [0.2, 0.25) is 0 Å². The molecule has 0 aliphatic carbocycles. The number of carbonyl (C=O) groups excluding carboxylic acids is 1. The highest BCUT2D eigenvalue weighted by molar-refractivity contribution is 8.00. The van der Waals surface area contributed by atoms with E-state index in [0.29, 0.717) is 0 Å². The van der Waals surface area contributed by atoms with E-state index in [1.54, 1.807) is 19.9 Å². The highest BCUT2D eigenvalue weighted by Crippen LogP contribution is 2.40. The third-order valence-electron chi connectivity index (χ3n) is 2.00. The Kier molecular flexibility index (Phi) is 4.86. The number of para-hydroxylation sites is 1. The fraction of sp³-hybridized carbons (Fsp3) is 0.417. The van der Waals surface area contributed by atoms with Gasteiger partial charge in [0.1, 0.15) is 0 Å². The molecule has 1 rings (SSSR count). The van der Waals surface area contributed by atoms with Gasteiger partial charge in [0, 0.05) is 16.9 Å². The molecule has 0 aliphatic heterocycles. The second-order valence-corrected chi connectivity index (χ2v) is 5.86. The summed E-state index contributed by atoms with van der Waals surface area (Å²) < 4.78 is 37.1. The smallest absolute Gasteiger partial charge is 0.325 e. The van der Waals surface area contributed by atoms with Gasteiger partial charge in [-0.05, 0) is 37.7 Å². The Morgan fingerprint density at radius 2 is 1.89 bits per heavy atom. The molecule has 0 saturated carbocycles. The number of amides is 1. The van der Waals surface area contributed by atoms with Crippen molar-refractivity contribution >= 4 is 23.4 Å². The molecule has 0 unspecified atom stereocenters. The third-order valence-corrected chi connectivity index (χ3v) is 2.81. The molecule has 0 bridgehead atoms. The molecule has 0 saturated heterocycles. The van der Waals surface area contributed by atoms with Crippen molar-refractivity contribution in [2.24, 2.45) is 5.73 Å². The van der Waals surface area contributed by atoms with E-state index in [4.69, 9.17) is 5.73 Å². The predicted octanol–water partition coefficient (Wildman–Crippen LogP) is 3.36. The number of halogens is 3. The molecule has 106 valence electrons. The number of nitrogens with one attached hydrogen (secondary N) is 1. The maximum atomic E-state index is 12.4. The molecule has 1 aromatic carbocycles. The Balaban J connectivity index is 2.81. The molecule has 0 aromatic heterocycles. The first-order chi connectivity index (χ1) is 8.57. The van der Waals surface area contributed by atoms with Gasteiger partial charge in [-0.15, -0.1) is 0 Å². The van der Waals surface area contributed by atoms with E-state index in [1.165, 1.54) is 18.2 Å². The van der Waals surface area contributed by atoms with Crippen molar-refractivity contribution < 1.29 is 18.0 Å². The molecular weight excluding hydrogens is 277 g/mol. The molecule has 1 amide bonds. The van der Waals surface area contributed by atoms with Crippen molar-refractivity contribution in [1.29, 1.82) is 0 Å². The van der Waals surface area contributed by atoms with Crippen molar-refractivity contribution in [1.82, 2.24) is 0 Å². The minimum Gasteiger partial charge on any atom is -0.325 e. The Morgan fingerprint density at radius 3 is 2.42 bits per heavy atom. The number of hydrogen-bond donors (Lipinski definition) is 2. The average Bonchev–Trinajstić information content (AvgIpc) is 2.15. The Morgan fingerprint density at radius 1 is 1.32 bits per heavy atom. The second kappa shape index (κ2) is 5.83. The van der Waals surface area contributed by atoms with Crippen LogP contribution in [0.1, 0.15) is 20.3 Å². The SMILES string of the molecule is CC(C)(N)CC(=O)Nc1ccccc1SC(F)(F)F. The van der Waals surface area contributed by atoms with Crippen LogP contribution in [-0.4, -0.2) is 17.0 Å². The molecule has 0 heterocycles. The second-order valence-electron chi connectivity index (χ2n) is 4.76. The Labute approximate surface area is 113 Å². The molecule has 0 radical (unpaired) electrons. The number of hydrogen-bond acceptors (Lipinski definition) is 3. The Bertz CT molecular complexity index is 455. The van der Waals surface area contributed by atoms with Crippen LogP contribution in [0.25, 0.3) is 0 Å². The van der Waals surface area contributed by atoms with Gasteiger partial charge in [-0.1, -0.05) is 12.1 Å². The predicted molar refractivity (Wildman–Crippen MR) is 69.9 cm³/mol. The number of carbonyl (C=O) groups is 1. The van der Waals surface area contributed by atoms with Gasteiger partial charge in [-0.2, -0.15) is 13.2 Å². The first kappa shape index (κ1) is 15.8. The maximum Gasteiger partial charge on any atom is 0.446 e. The van der Waals surface area contributed by atoms with Crippen molar-refractivity contribution in [3.05, 3.63) is 24.3 Å². The highest BCUT2D eigenvalue weighted by Gasteiger charge is 2.30. The van der Waals surface area contributed by atoms with Crippen LogP contribution in [0.3, 0.4) is 0 Å². The molecule has 0 spiro atoms. The molecule has 1 aromatic rings. The minimum absolute atomic E-state index is 0.0258. The normalized spacial score (nSPS) is 12.3. The summed E-state index contributed by atoms with van der Waals surface area (Å²) in [5.74, 6) is -0.414. The summed E-state index contributed by atoms with van der Waals surface area (Å²) in [5, 5.41) is 2.45. The average molecular weight is 292 g/mol. The van der Waals surface area contributed by atoms with Crippen molar-refractivity contribution in [2.45, 2.75) is 36.2 Å². The van der Waals surface area contributed by atoms with Gasteiger partial charge < -0.3 is 11.1 Å².